The number of aliphatic hydroxyl groups is 1. The molecule has 0 saturated carbocycles. The molecule has 3 unspecified atom stereocenters. The van der Waals surface area contributed by atoms with E-state index in [1.165, 1.54) is 0 Å². The fourth-order valence-electron chi connectivity index (χ4n) is 6.93. The predicted molar refractivity (Wildman–Crippen MR) is 160 cm³/mol. The predicted octanol–water partition coefficient (Wildman–Crippen LogP) is -2.64. The van der Waals surface area contributed by atoms with Gasteiger partial charge in [0.2, 0.25) is 0 Å². The second-order valence-corrected chi connectivity index (χ2v) is 11.6. The average molecular weight is 655 g/mol. The third-order valence-corrected chi connectivity index (χ3v) is 9.32. The van der Waals surface area contributed by atoms with Gasteiger partial charge in [-0.05, 0) is 80.6 Å². The molecule has 45 heavy (non-hydrogen) atoms. The number of carboxylic acid groups (broad SMARTS) is 2. The van der Waals surface area contributed by atoms with Crippen LogP contribution in [0.25, 0.3) is 0 Å². The molecule has 2 N–H and O–H groups in total. The molecule has 0 amide bonds. The number of carboxylic acids is 2. The Morgan fingerprint density at radius 2 is 1.67 bits per heavy atom. The molecule has 220 valence electrons. The fourth-order valence-corrected chi connectivity index (χ4v) is 6.93. The molecule has 0 radical (unpaired) electrons. The van der Waals surface area contributed by atoms with Crippen LogP contribution in [0.5, 0.6) is 0 Å². The third-order valence-electron chi connectivity index (χ3n) is 9.32. The molecule has 11 heteroatoms. The molecule has 0 aromatic rings. The molecule has 8 bridgehead atoms. The van der Waals surface area contributed by atoms with Crippen molar-refractivity contribution in [3.63, 3.8) is 0 Å². The smallest absolute Gasteiger partial charge is 0.550 e. The van der Waals surface area contributed by atoms with Crippen molar-refractivity contribution in [2.75, 3.05) is 0 Å². The van der Waals surface area contributed by atoms with Gasteiger partial charge in [0.1, 0.15) is 5.76 Å². The van der Waals surface area contributed by atoms with E-state index >= 15 is 0 Å². The van der Waals surface area contributed by atoms with Crippen molar-refractivity contribution in [1.82, 2.24) is 5.32 Å². The van der Waals surface area contributed by atoms with Crippen LogP contribution in [0.1, 0.15) is 53.9 Å². The van der Waals surface area contributed by atoms with Gasteiger partial charge < -0.3 is 30.2 Å². The summed E-state index contributed by atoms with van der Waals surface area (Å²) in [6.07, 6.45) is 8.25. The zero-order valence-corrected chi connectivity index (χ0v) is 33.0. The van der Waals surface area contributed by atoms with Gasteiger partial charge in [0, 0.05) is 45.9 Å². The summed E-state index contributed by atoms with van der Waals surface area (Å²) >= 11 is 0. The van der Waals surface area contributed by atoms with Crippen molar-refractivity contribution >= 4 is 29.1 Å². The van der Waals surface area contributed by atoms with Crippen LogP contribution in [0.15, 0.2) is 119 Å². The van der Waals surface area contributed by atoms with E-state index < -0.39 is 23.8 Å². The number of carbonyl (C=O) groups excluding carboxylic acids is 2. The van der Waals surface area contributed by atoms with Crippen LogP contribution < -0.4 is 118 Å². The molecule has 0 aromatic carbocycles. The van der Waals surface area contributed by atoms with E-state index in [0.29, 0.717) is 34.0 Å². The van der Waals surface area contributed by atoms with Gasteiger partial charge in [-0.25, -0.2) is 15.0 Å². The Morgan fingerprint density at radius 1 is 1.00 bits per heavy atom. The van der Waals surface area contributed by atoms with Gasteiger partial charge in [0.05, 0.1) is 46.1 Å². The molecule has 1 fully saturated rings. The number of hydrogen-bond acceptors (Lipinski definition) is 9. The van der Waals surface area contributed by atoms with Crippen LogP contribution in [0.4, 0.5) is 0 Å². The number of allylic oxidation sites excluding steroid dienone is 11. The first kappa shape index (κ1) is 36.3. The van der Waals surface area contributed by atoms with Gasteiger partial charge in [-0.2, -0.15) is 0 Å². The van der Waals surface area contributed by atoms with E-state index in [1.807, 2.05) is 39.0 Å². The number of nitrogens with one attached hydrogen (secondary N) is 1. The number of hydrogen-bond donors (Lipinski definition) is 2. The van der Waals surface area contributed by atoms with Gasteiger partial charge in [-0.3, -0.25) is 0 Å². The van der Waals surface area contributed by atoms with E-state index in [2.05, 4.69) is 18.8 Å². The molecule has 5 heterocycles. The molecular formula is C34H32K2N4O5. The zero-order chi connectivity index (χ0) is 30.9. The molecule has 9 nitrogen and oxygen atoms in total. The Hall–Kier alpha value is -1.52. The Morgan fingerprint density at radius 3 is 2.29 bits per heavy atom. The number of aliphatic carboxylic acids is 2. The first-order chi connectivity index (χ1) is 20.5. The van der Waals surface area contributed by atoms with Gasteiger partial charge in [-0.15, -0.1) is 0 Å². The maximum atomic E-state index is 12.5. The van der Waals surface area contributed by atoms with Crippen molar-refractivity contribution in [2.45, 2.75) is 53.9 Å². The van der Waals surface area contributed by atoms with Gasteiger partial charge in [-0.1, -0.05) is 26.5 Å². The maximum absolute atomic E-state index is 12.5. The summed E-state index contributed by atoms with van der Waals surface area (Å²) in [5.41, 5.74) is 10.3. The Balaban J connectivity index is 0.00000230. The van der Waals surface area contributed by atoms with Crippen molar-refractivity contribution in [2.24, 2.45) is 32.7 Å². The van der Waals surface area contributed by atoms with E-state index in [-0.39, 0.29) is 133 Å². The second kappa shape index (κ2) is 13.9. The Labute approximate surface area is 347 Å². The number of aliphatic hydroxyl groups excluding tert-OH is 1. The van der Waals surface area contributed by atoms with Gasteiger partial charge in [0.15, 0.2) is 0 Å². The first-order valence-electron chi connectivity index (χ1n) is 14.5. The van der Waals surface area contributed by atoms with Crippen molar-refractivity contribution in [3.05, 3.63) is 104 Å². The molecule has 5 aliphatic heterocycles. The molecule has 1 saturated heterocycles. The molecule has 6 aliphatic rings. The van der Waals surface area contributed by atoms with Crippen LogP contribution in [-0.4, -0.2) is 34.2 Å². The van der Waals surface area contributed by atoms with E-state index in [4.69, 9.17) is 15.0 Å². The fraction of sp³-hybridized carbons (Fsp3) is 0.324. The number of aliphatic imine (C=N–C) groups is 3. The van der Waals surface area contributed by atoms with Crippen LogP contribution >= 0.6 is 0 Å². The summed E-state index contributed by atoms with van der Waals surface area (Å²) in [5, 5.41) is 38.8. The minimum absolute atomic E-state index is 0. The second-order valence-electron chi connectivity index (χ2n) is 11.6. The summed E-state index contributed by atoms with van der Waals surface area (Å²) < 4.78 is 0. The van der Waals surface area contributed by atoms with Crippen molar-refractivity contribution in [3.8, 4) is 0 Å². The van der Waals surface area contributed by atoms with Gasteiger partial charge >= 0.3 is 103 Å². The zero-order valence-electron chi connectivity index (χ0n) is 26.8. The van der Waals surface area contributed by atoms with Crippen molar-refractivity contribution < 1.29 is 128 Å². The first-order valence-corrected chi connectivity index (χ1v) is 14.5. The average Bonchev–Trinajstić information content (AvgIpc) is 3.68. The molecule has 0 spiro atoms. The number of nitrogens with zero attached hydrogens (tertiary/aromatic N) is 3. The summed E-state index contributed by atoms with van der Waals surface area (Å²) in [5.74, 6) is -5.08. The molecule has 3 atom stereocenters. The van der Waals surface area contributed by atoms with Crippen LogP contribution in [0.2, 0.25) is 0 Å². The Kier molecular flexibility index (Phi) is 11.2. The minimum atomic E-state index is -1.46. The van der Waals surface area contributed by atoms with Crippen LogP contribution in [0.3, 0.4) is 0 Å². The summed E-state index contributed by atoms with van der Waals surface area (Å²) in [7, 11) is 0. The molecular weight excluding hydrogens is 623 g/mol. The third kappa shape index (κ3) is 6.03. The molecule has 0 aromatic heterocycles. The summed E-state index contributed by atoms with van der Waals surface area (Å²) in [4.78, 5) is 38.8. The number of carbonyl (C=O) groups is 2. The minimum Gasteiger partial charge on any atom is -0.550 e. The molecule has 1 aliphatic carbocycles. The maximum Gasteiger partial charge on any atom is 1.00 e. The van der Waals surface area contributed by atoms with E-state index in [0.717, 1.165) is 51.5 Å². The largest absolute Gasteiger partial charge is 1.00 e. The summed E-state index contributed by atoms with van der Waals surface area (Å²) in [6.45, 7) is 13.8. The monoisotopic (exact) mass is 654 g/mol. The number of fused-ring (bicyclic) bond motifs is 5. The Bertz CT molecular complexity index is 1810. The normalized spacial score (nSPS) is 24.9. The quantitative estimate of drug-likeness (QED) is 0.299. The summed E-state index contributed by atoms with van der Waals surface area (Å²) in [6, 6.07) is 0. The van der Waals surface area contributed by atoms with E-state index in [1.54, 1.807) is 13.0 Å². The van der Waals surface area contributed by atoms with Crippen LogP contribution in [0, 0.1) is 17.8 Å². The SMILES string of the molecule is C=CC1=C(C)C2=NC1=CC1=NC(=CC3=C(C)C4=C(O)C(C(=O)[O-])C(=C5NC(=C2)C(C)C5CCC(=O)[O-])C4=N3)C(CC)=C1C.[K+].[K+]. The van der Waals surface area contributed by atoms with Gasteiger partial charge in [0.25, 0.3) is 0 Å². The standard InChI is InChI=1S/C34H34N4O5.2K/c1-7-18-14(3)21-11-23-16(5)20(9-10-27(39)40)31(37-23)29-30(34(42)43)33(41)28-17(6)24(38-32(28)29)13-26-19(8-2)15(4)22(36-26)12-25(18)35-21;;/h7,11-13,16,20,30,37,41H,1,8-10H2,2-6H3,(H,39,40)(H,42,43);;/q;2*+1/p-2. The molecule has 6 rings (SSSR count). The van der Waals surface area contributed by atoms with E-state index in [9.17, 15) is 24.9 Å². The number of rotatable bonds is 6. The van der Waals surface area contributed by atoms with Crippen molar-refractivity contribution in [1.29, 1.82) is 0 Å². The van der Waals surface area contributed by atoms with Crippen LogP contribution in [-0.2, 0) is 9.59 Å². The topological polar surface area (TPSA) is 150 Å².